The lowest BCUT2D eigenvalue weighted by Gasteiger charge is -2.20. The van der Waals surface area contributed by atoms with Crippen LogP contribution in [0, 0.1) is 0 Å². The van der Waals surface area contributed by atoms with Gasteiger partial charge in [-0.05, 0) is 38.5 Å². The summed E-state index contributed by atoms with van der Waals surface area (Å²) in [5.74, 6) is -0.490. The maximum atomic E-state index is 11.7. The summed E-state index contributed by atoms with van der Waals surface area (Å²) in [6, 6.07) is 4.77. The second kappa shape index (κ2) is 6.27. The van der Waals surface area contributed by atoms with E-state index in [-0.39, 0.29) is 6.42 Å². The molecule has 0 heterocycles. The summed E-state index contributed by atoms with van der Waals surface area (Å²) in [5.41, 5.74) is 0.352. The number of carboxylic acid groups (broad SMARTS) is 1. The molecule has 0 spiro atoms. The molecule has 0 saturated carbocycles. The molecule has 0 radical (unpaired) electrons. The van der Waals surface area contributed by atoms with Gasteiger partial charge < -0.3 is 14.6 Å². The van der Waals surface area contributed by atoms with Crippen LogP contribution in [0.25, 0.3) is 0 Å². The summed E-state index contributed by atoms with van der Waals surface area (Å²) in [6.45, 7) is 5.27. The van der Waals surface area contributed by atoms with Crippen molar-refractivity contribution in [1.82, 2.24) is 0 Å². The zero-order valence-electron chi connectivity index (χ0n) is 12.0. The number of nitrogens with one attached hydrogen (secondary N) is 1. The first-order chi connectivity index (χ1) is 9.19. The number of hydrogen-bond donors (Lipinski definition) is 2. The Bertz CT molecular complexity index is 505. The fourth-order valence-electron chi connectivity index (χ4n) is 1.55. The smallest absolute Gasteiger partial charge is 0.412 e. The standard InChI is InChI=1S/C14H19NO5/c1-14(2,3)20-13(18)15-10-5-9(7-12(16)17)6-11(8-10)19-4/h5-6,8H,7H2,1-4H3,(H,15,18)(H,16,17). The minimum absolute atomic E-state index is 0.153. The van der Waals surface area contributed by atoms with Gasteiger partial charge in [-0.25, -0.2) is 4.79 Å². The van der Waals surface area contributed by atoms with E-state index in [1.54, 1.807) is 39.0 Å². The molecule has 1 rings (SSSR count). The van der Waals surface area contributed by atoms with Crippen molar-refractivity contribution in [3.05, 3.63) is 23.8 Å². The molecule has 110 valence electrons. The van der Waals surface area contributed by atoms with Crippen LogP contribution in [-0.2, 0) is 16.0 Å². The maximum Gasteiger partial charge on any atom is 0.412 e. The van der Waals surface area contributed by atoms with E-state index in [9.17, 15) is 9.59 Å². The summed E-state index contributed by atoms with van der Waals surface area (Å²) in [7, 11) is 1.47. The molecule has 1 amide bonds. The molecule has 20 heavy (non-hydrogen) atoms. The minimum Gasteiger partial charge on any atom is -0.497 e. The Labute approximate surface area is 117 Å². The Balaban J connectivity index is 2.88. The molecule has 1 aromatic carbocycles. The average Bonchev–Trinajstić information content (AvgIpc) is 2.24. The Hall–Kier alpha value is -2.24. The number of carbonyl (C=O) groups is 2. The quantitative estimate of drug-likeness (QED) is 0.886. The van der Waals surface area contributed by atoms with Crippen LogP contribution >= 0.6 is 0 Å². The highest BCUT2D eigenvalue weighted by Crippen LogP contribution is 2.22. The molecule has 2 N–H and O–H groups in total. The fourth-order valence-corrected chi connectivity index (χ4v) is 1.55. The zero-order valence-corrected chi connectivity index (χ0v) is 12.0. The summed E-state index contributed by atoms with van der Waals surface area (Å²) in [6.07, 6.45) is -0.757. The van der Waals surface area contributed by atoms with Crippen molar-refractivity contribution in [3.63, 3.8) is 0 Å². The van der Waals surface area contributed by atoms with Gasteiger partial charge in [-0.15, -0.1) is 0 Å². The van der Waals surface area contributed by atoms with Crippen LogP contribution in [0.2, 0.25) is 0 Å². The summed E-state index contributed by atoms with van der Waals surface area (Å²) in [4.78, 5) is 22.4. The van der Waals surface area contributed by atoms with Gasteiger partial charge in [-0.3, -0.25) is 10.1 Å². The molecule has 0 aromatic heterocycles. The van der Waals surface area contributed by atoms with E-state index in [2.05, 4.69) is 5.32 Å². The average molecular weight is 281 g/mol. The van der Waals surface area contributed by atoms with Crippen molar-refractivity contribution in [2.75, 3.05) is 12.4 Å². The minimum atomic E-state index is -0.957. The van der Waals surface area contributed by atoms with Crippen molar-refractivity contribution in [2.45, 2.75) is 32.8 Å². The molecule has 6 nitrogen and oxygen atoms in total. The van der Waals surface area contributed by atoms with E-state index < -0.39 is 17.7 Å². The molecule has 0 aliphatic carbocycles. The lowest BCUT2D eigenvalue weighted by molar-refractivity contribution is -0.136. The summed E-state index contributed by atoms with van der Waals surface area (Å²) < 4.78 is 10.2. The number of rotatable bonds is 4. The number of hydrogen-bond acceptors (Lipinski definition) is 4. The Morgan fingerprint density at radius 3 is 2.40 bits per heavy atom. The Morgan fingerprint density at radius 2 is 1.90 bits per heavy atom. The monoisotopic (exact) mass is 281 g/mol. The third-order valence-electron chi connectivity index (χ3n) is 2.20. The molecule has 0 saturated heterocycles. The van der Waals surface area contributed by atoms with Gasteiger partial charge in [-0.2, -0.15) is 0 Å². The number of benzene rings is 1. The van der Waals surface area contributed by atoms with Crippen molar-refractivity contribution in [3.8, 4) is 5.75 Å². The predicted molar refractivity (Wildman–Crippen MR) is 74.2 cm³/mol. The number of ether oxygens (including phenoxy) is 2. The lowest BCUT2D eigenvalue weighted by atomic mass is 10.1. The molecule has 1 aromatic rings. The Morgan fingerprint density at radius 1 is 1.25 bits per heavy atom. The van der Waals surface area contributed by atoms with E-state index in [1.807, 2.05) is 0 Å². The molecular weight excluding hydrogens is 262 g/mol. The number of carbonyl (C=O) groups excluding carboxylic acids is 1. The summed E-state index contributed by atoms with van der Waals surface area (Å²) >= 11 is 0. The topological polar surface area (TPSA) is 84.9 Å². The van der Waals surface area contributed by atoms with Gasteiger partial charge in [0.05, 0.1) is 13.5 Å². The number of carboxylic acids is 1. The molecule has 6 heteroatoms. The highest BCUT2D eigenvalue weighted by atomic mass is 16.6. The normalized spacial score (nSPS) is 10.8. The van der Waals surface area contributed by atoms with E-state index in [0.717, 1.165) is 0 Å². The van der Waals surface area contributed by atoms with Crippen LogP contribution in [0.5, 0.6) is 5.75 Å². The first kappa shape index (κ1) is 15.8. The van der Waals surface area contributed by atoms with Gasteiger partial charge in [0.2, 0.25) is 0 Å². The van der Waals surface area contributed by atoms with Crippen LogP contribution in [0.15, 0.2) is 18.2 Å². The first-order valence-corrected chi connectivity index (χ1v) is 6.09. The van der Waals surface area contributed by atoms with Gasteiger partial charge in [-0.1, -0.05) is 0 Å². The molecule has 0 aliphatic rings. The van der Waals surface area contributed by atoms with Crippen molar-refractivity contribution >= 4 is 17.7 Å². The third-order valence-corrected chi connectivity index (χ3v) is 2.20. The summed E-state index contributed by atoms with van der Waals surface area (Å²) in [5, 5.41) is 11.4. The fraction of sp³-hybridized carbons (Fsp3) is 0.429. The second-order valence-electron chi connectivity index (χ2n) is 5.27. The first-order valence-electron chi connectivity index (χ1n) is 6.09. The van der Waals surface area contributed by atoms with Gasteiger partial charge in [0.25, 0.3) is 0 Å². The second-order valence-corrected chi connectivity index (χ2v) is 5.27. The number of anilines is 1. The molecule has 0 atom stereocenters. The van der Waals surface area contributed by atoms with E-state index in [0.29, 0.717) is 17.0 Å². The van der Waals surface area contributed by atoms with Crippen LogP contribution in [0.1, 0.15) is 26.3 Å². The van der Waals surface area contributed by atoms with E-state index in [1.165, 1.54) is 7.11 Å². The molecular formula is C14H19NO5. The van der Waals surface area contributed by atoms with Crippen molar-refractivity contribution < 1.29 is 24.2 Å². The third kappa shape index (κ3) is 5.60. The number of aliphatic carboxylic acids is 1. The Kier molecular flexibility index (Phi) is 4.96. The molecule has 0 unspecified atom stereocenters. The number of amides is 1. The lowest BCUT2D eigenvalue weighted by Crippen LogP contribution is -2.27. The van der Waals surface area contributed by atoms with Crippen LogP contribution in [0.4, 0.5) is 10.5 Å². The maximum absolute atomic E-state index is 11.7. The SMILES string of the molecule is COc1cc(CC(=O)O)cc(NC(=O)OC(C)(C)C)c1. The van der Waals surface area contributed by atoms with Crippen molar-refractivity contribution in [2.24, 2.45) is 0 Å². The molecule has 0 fully saturated rings. The van der Waals surface area contributed by atoms with E-state index in [4.69, 9.17) is 14.6 Å². The van der Waals surface area contributed by atoms with E-state index >= 15 is 0 Å². The van der Waals surface area contributed by atoms with Gasteiger partial charge >= 0.3 is 12.1 Å². The molecule has 0 aliphatic heterocycles. The van der Waals surface area contributed by atoms with Gasteiger partial charge in [0.1, 0.15) is 11.4 Å². The highest BCUT2D eigenvalue weighted by Gasteiger charge is 2.16. The van der Waals surface area contributed by atoms with Gasteiger partial charge in [0.15, 0.2) is 0 Å². The van der Waals surface area contributed by atoms with Crippen LogP contribution in [0.3, 0.4) is 0 Å². The van der Waals surface area contributed by atoms with Crippen LogP contribution in [-0.4, -0.2) is 29.9 Å². The number of methoxy groups -OCH3 is 1. The molecule has 0 bridgehead atoms. The predicted octanol–water partition coefficient (Wildman–Crippen LogP) is 2.67. The largest absolute Gasteiger partial charge is 0.497 e. The van der Waals surface area contributed by atoms with Crippen molar-refractivity contribution in [1.29, 1.82) is 0 Å². The zero-order chi connectivity index (χ0) is 15.3. The van der Waals surface area contributed by atoms with Crippen LogP contribution < -0.4 is 10.1 Å². The van der Waals surface area contributed by atoms with Gasteiger partial charge in [0, 0.05) is 11.8 Å². The highest BCUT2D eigenvalue weighted by molar-refractivity contribution is 5.85.